The Labute approximate surface area is 146 Å². The molecule has 5 heteroatoms. The number of aromatic nitrogens is 2. The standard InChI is InChI=1S/C19H21N3OS/c23-11-9-16(15-6-2-1-3-7-15)12-20-13-17-14-24-19(22-17)18-8-4-5-10-21-18/h1-8,10,14,16,20,23H,9,11-13H2. The summed E-state index contributed by atoms with van der Waals surface area (Å²) >= 11 is 1.61. The molecule has 2 heterocycles. The van der Waals surface area contributed by atoms with Crippen LogP contribution in [-0.4, -0.2) is 28.2 Å². The topological polar surface area (TPSA) is 58.0 Å². The van der Waals surface area contributed by atoms with Gasteiger partial charge in [0.1, 0.15) is 5.01 Å². The molecule has 2 aromatic heterocycles. The summed E-state index contributed by atoms with van der Waals surface area (Å²) in [6.45, 7) is 1.74. The molecule has 0 saturated heterocycles. The zero-order valence-electron chi connectivity index (χ0n) is 13.4. The molecule has 0 aliphatic carbocycles. The summed E-state index contributed by atoms with van der Waals surface area (Å²) in [6.07, 6.45) is 2.54. The second-order valence-electron chi connectivity index (χ2n) is 5.61. The van der Waals surface area contributed by atoms with E-state index in [2.05, 4.69) is 32.8 Å². The molecule has 0 radical (unpaired) electrons. The van der Waals surface area contributed by atoms with Crippen LogP contribution in [0.2, 0.25) is 0 Å². The van der Waals surface area contributed by atoms with E-state index >= 15 is 0 Å². The zero-order chi connectivity index (χ0) is 16.6. The van der Waals surface area contributed by atoms with Gasteiger partial charge in [0.2, 0.25) is 0 Å². The van der Waals surface area contributed by atoms with Crippen LogP contribution in [0.5, 0.6) is 0 Å². The van der Waals surface area contributed by atoms with Crippen LogP contribution in [-0.2, 0) is 6.54 Å². The number of benzene rings is 1. The first-order valence-electron chi connectivity index (χ1n) is 8.09. The molecule has 1 unspecified atom stereocenters. The highest BCUT2D eigenvalue weighted by Crippen LogP contribution is 2.22. The summed E-state index contributed by atoms with van der Waals surface area (Å²) in [7, 11) is 0. The van der Waals surface area contributed by atoms with Crippen molar-refractivity contribution < 1.29 is 5.11 Å². The number of aliphatic hydroxyl groups excluding tert-OH is 1. The molecule has 1 atom stereocenters. The number of nitrogens with zero attached hydrogens (tertiary/aromatic N) is 2. The molecule has 3 aromatic rings. The fourth-order valence-electron chi connectivity index (χ4n) is 2.64. The van der Waals surface area contributed by atoms with Crippen LogP contribution in [0.4, 0.5) is 0 Å². The molecule has 24 heavy (non-hydrogen) atoms. The third-order valence-electron chi connectivity index (χ3n) is 3.88. The van der Waals surface area contributed by atoms with Crippen molar-refractivity contribution in [2.45, 2.75) is 18.9 Å². The van der Waals surface area contributed by atoms with Gasteiger partial charge in [-0.3, -0.25) is 4.98 Å². The maximum absolute atomic E-state index is 9.30. The Hall–Kier alpha value is -2.08. The summed E-state index contributed by atoms with van der Waals surface area (Å²) in [5.41, 5.74) is 3.19. The van der Waals surface area contributed by atoms with E-state index in [-0.39, 0.29) is 6.61 Å². The Morgan fingerprint density at radius 2 is 1.92 bits per heavy atom. The van der Waals surface area contributed by atoms with Gasteiger partial charge in [-0.2, -0.15) is 0 Å². The molecule has 3 rings (SSSR count). The Kier molecular flexibility index (Phi) is 6.07. The number of nitrogens with one attached hydrogen (secondary N) is 1. The molecular weight excluding hydrogens is 318 g/mol. The van der Waals surface area contributed by atoms with Crippen molar-refractivity contribution in [3.8, 4) is 10.7 Å². The van der Waals surface area contributed by atoms with E-state index in [1.807, 2.05) is 36.4 Å². The summed E-state index contributed by atoms with van der Waals surface area (Å²) in [5.74, 6) is 0.310. The molecule has 1 aromatic carbocycles. The van der Waals surface area contributed by atoms with Crippen LogP contribution in [0.1, 0.15) is 23.6 Å². The van der Waals surface area contributed by atoms with Gasteiger partial charge in [-0.15, -0.1) is 11.3 Å². The molecule has 124 valence electrons. The van der Waals surface area contributed by atoms with Crippen molar-refractivity contribution in [1.29, 1.82) is 0 Å². The molecule has 0 aliphatic heterocycles. The van der Waals surface area contributed by atoms with Gasteiger partial charge in [-0.25, -0.2) is 4.98 Å². The smallest absolute Gasteiger partial charge is 0.142 e. The van der Waals surface area contributed by atoms with Gasteiger partial charge in [0.05, 0.1) is 11.4 Å². The summed E-state index contributed by atoms with van der Waals surface area (Å²) in [6, 6.07) is 16.2. The first-order valence-corrected chi connectivity index (χ1v) is 8.97. The average Bonchev–Trinajstić information content (AvgIpc) is 3.11. The molecular formula is C19H21N3OS. The Balaban J connectivity index is 1.56. The van der Waals surface area contributed by atoms with Gasteiger partial charge >= 0.3 is 0 Å². The van der Waals surface area contributed by atoms with Gasteiger partial charge in [-0.05, 0) is 30.0 Å². The minimum atomic E-state index is 0.196. The van der Waals surface area contributed by atoms with Gasteiger partial charge in [0.15, 0.2) is 0 Å². The quantitative estimate of drug-likeness (QED) is 0.660. The molecule has 0 saturated carbocycles. The highest BCUT2D eigenvalue weighted by molar-refractivity contribution is 7.13. The highest BCUT2D eigenvalue weighted by atomic mass is 32.1. The molecule has 0 fully saturated rings. The average molecular weight is 339 g/mol. The summed E-state index contributed by atoms with van der Waals surface area (Å²) < 4.78 is 0. The highest BCUT2D eigenvalue weighted by Gasteiger charge is 2.11. The number of pyridine rings is 1. The molecule has 0 spiro atoms. The van der Waals surface area contributed by atoms with Crippen molar-refractivity contribution >= 4 is 11.3 Å². The minimum absolute atomic E-state index is 0.196. The Bertz CT molecular complexity index is 731. The fraction of sp³-hybridized carbons (Fsp3) is 0.263. The minimum Gasteiger partial charge on any atom is -0.396 e. The van der Waals surface area contributed by atoms with Crippen LogP contribution in [0.25, 0.3) is 10.7 Å². The molecule has 4 nitrogen and oxygen atoms in total. The predicted molar refractivity (Wildman–Crippen MR) is 97.9 cm³/mol. The normalized spacial score (nSPS) is 12.2. The number of thiazole rings is 1. The van der Waals surface area contributed by atoms with Gasteiger partial charge in [0, 0.05) is 31.3 Å². The van der Waals surface area contributed by atoms with Crippen molar-refractivity contribution in [2.24, 2.45) is 0 Å². The molecule has 0 bridgehead atoms. The first-order chi connectivity index (χ1) is 11.9. The van der Waals surface area contributed by atoms with Gasteiger partial charge in [0.25, 0.3) is 0 Å². The van der Waals surface area contributed by atoms with Crippen molar-refractivity contribution in [1.82, 2.24) is 15.3 Å². The number of aliphatic hydroxyl groups is 1. The van der Waals surface area contributed by atoms with Crippen LogP contribution >= 0.6 is 11.3 Å². The van der Waals surface area contributed by atoms with Crippen LogP contribution in [0.15, 0.2) is 60.1 Å². The maximum Gasteiger partial charge on any atom is 0.142 e. The SMILES string of the molecule is OCCC(CNCc1csc(-c2ccccn2)n1)c1ccccc1. The van der Waals surface area contributed by atoms with Crippen molar-refractivity contribution in [3.05, 3.63) is 71.4 Å². The third kappa shape index (κ3) is 4.47. The summed E-state index contributed by atoms with van der Waals surface area (Å²) in [5, 5.41) is 15.8. The van der Waals surface area contributed by atoms with E-state index < -0.39 is 0 Å². The lowest BCUT2D eigenvalue weighted by Gasteiger charge is -2.16. The van der Waals surface area contributed by atoms with E-state index in [9.17, 15) is 5.11 Å². The zero-order valence-corrected chi connectivity index (χ0v) is 14.2. The van der Waals surface area contributed by atoms with E-state index in [0.717, 1.165) is 35.9 Å². The third-order valence-corrected chi connectivity index (χ3v) is 4.79. The lowest BCUT2D eigenvalue weighted by Crippen LogP contribution is -2.22. The lowest BCUT2D eigenvalue weighted by atomic mass is 9.96. The maximum atomic E-state index is 9.30. The summed E-state index contributed by atoms with van der Waals surface area (Å²) in [4.78, 5) is 8.97. The van der Waals surface area contributed by atoms with Gasteiger partial charge < -0.3 is 10.4 Å². The number of hydrogen-bond acceptors (Lipinski definition) is 5. The first kappa shape index (κ1) is 16.8. The lowest BCUT2D eigenvalue weighted by molar-refractivity contribution is 0.273. The van der Waals surface area contributed by atoms with Crippen molar-refractivity contribution in [3.63, 3.8) is 0 Å². The van der Waals surface area contributed by atoms with Crippen LogP contribution in [0.3, 0.4) is 0 Å². The van der Waals surface area contributed by atoms with Crippen molar-refractivity contribution in [2.75, 3.05) is 13.2 Å². The van der Waals surface area contributed by atoms with E-state index in [4.69, 9.17) is 0 Å². The molecule has 0 amide bonds. The predicted octanol–water partition coefficient (Wildman–Crippen LogP) is 3.46. The molecule has 0 aliphatic rings. The second-order valence-corrected chi connectivity index (χ2v) is 6.47. The number of rotatable bonds is 8. The second kappa shape index (κ2) is 8.68. The fourth-order valence-corrected chi connectivity index (χ4v) is 3.43. The number of hydrogen-bond donors (Lipinski definition) is 2. The monoisotopic (exact) mass is 339 g/mol. The van der Waals surface area contributed by atoms with Crippen LogP contribution < -0.4 is 5.32 Å². The van der Waals surface area contributed by atoms with E-state index in [1.165, 1.54) is 5.56 Å². The Morgan fingerprint density at radius 3 is 2.67 bits per heavy atom. The van der Waals surface area contributed by atoms with Gasteiger partial charge in [-0.1, -0.05) is 36.4 Å². The van der Waals surface area contributed by atoms with E-state index in [0.29, 0.717) is 5.92 Å². The van der Waals surface area contributed by atoms with Crippen LogP contribution in [0, 0.1) is 0 Å². The largest absolute Gasteiger partial charge is 0.396 e. The Morgan fingerprint density at radius 1 is 1.08 bits per heavy atom. The molecule has 2 N–H and O–H groups in total. The van der Waals surface area contributed by atoms with E-state index in [1.54, 1.807) is 17.5 Å².